The van der Waals surface area contributed by atoms with Gasteiger partial charge in [-0.05, 0) is 18.6 Å². The maximum Gasteiger partial charge on any atom is 0.260 e. The van der Waals surface area contributed by atoms with Gasteiger partial charge in [-0.25, -0.2) is 18.2 Å². The third-order valence-electron chi connectivity index (χ3n) is 3.83. The van der Waals surface area contributed by atoms with E-state index in [0.717, 1.165) is 4.90 Å². The van der Waals surface area contributed by atoms with E-state index in [1.807, 2.05) is 0 Å². The molecule has 5 nitrogen and oxygen atoms in total. The molecule has 0 spiro atoms. The second-order valence-corrected chi connectivity index (χ2v) is 5.28. The molecule has 0 fully saturated rings. The molecular weight excluding hydrogens is 311 g/mol. The number of hydrogen-bond acceptors (Lipinski definition) is 3. The van der Waals surface area contributed by atoms with Gasteiger partial charge in [0.2, 0.25) is 0 Å². The normalized spacial score (nSPS) is 13.8. The van der Waals surface area contributed by atoms with E-state index in [9.17, 15) is 22.8 Å². The molecule has 0 radical (unpaired) electrons. The molecule has 2 heterocycles. The third-order valence-corrected chi connectivity index (χ3v) is 3.83. The highest BCUT2D eigenvalue weighted by atomic mass is 19.2. The molecule has 8 heteroatoms. The highest BCUT2D eigenvalue weighted by Gasteiger charge is 2.29. The highest BCUT2D eigenvalue weighted by Crippen LogP contribution is 2.21. The van der Waals surface area contributed by atoms with Gasteiger partial charge in [-0.15, -0.1) is 0 Å². The minimum atomic E-state index is -1.52. The summed E-state index contributed by atoms with van der Waals surface area (Å²) in [5, 5.41) is 0. The second-order valence-electron chi connectivity index (χ2n) is 5.28. The molecule has 23 heavy (non-hydrogen) atoms. The zero-order chi connectivity index (χ0) is 16.7. The molecule has 1 aliphatic heterocycles. The predicted octanol–water partition coefficient (Wildman–Crippen LogP) is 1.40. The molecule has 1 aromatic carbocycles. The van der Waals surface area contributed by atoms with E-state index >= 15 is 0 Å². The maximum absolute atomic E-state index is 13.7. The lowest BCUT2D eigenvalue weighted by Gasteiger charge is -2.28. The Morgan fingerprint density at radius 1 is 1.22 bits per heavy atom. The Labute approximate surface area is 129 Å². The number of hydrogen-bond donors (Lipinski definition) is 0. The minimum absolute atomic E-state index is 0.0559. The van der Waals surface area contributed by atoms with Crippen LogP contribution in [-0.4, -0.2) is 26.9 Å². The third kappa shape index (κ3) is 2.49. The van der Waals surface area contributed by atoms with Gasteiger partial charge in [-0.3, -0.25) is 9.59 Å². The second kappa shape index (κ2) is 5.53. The lowest BCUT2D eigenvalue weighted by atomic mass is 10.0. The van der Waals surface area contributed by atoms with Gasteiger partial charge < -0.3 is 9.47 Å². The Balaban J connectivity index is 1.96. The van der Waals surface area contributed by atoms with Gasteiger partial charge >= 0.3 is 0 Å². The summed E-state index contributed by atoms with van der Waals surface area (Å²) >= 11 is 0. The van der Waals surface area contributed by atoms with Crippen LogP contribution in [0.15, 0.2) is 23.3 Å². The fraction of sp³-hybridized carbons (Fsp3) is 0.267. The summed E-state index contributed by atoms with van der Waals surface area (Å²) in [5.74, 6) is -4.90. The van der Waals surface area contributed by atoms with Gasteiger partial charge in [0.05, 0.1) is 18.6 Å². The quantitative estimate of drug-likeness (QED) is 0.746. The van der Waals surface area contributed by atoms with Crippen LogP contribution in [0.3, 0.4) is 0 Å². The average molecular weight is 323 g/mol. The van der Waals surface area contributed by atoms with Crippen molar-refractivity contribution in [3.63, 3.8) is 0 Å². The summed E-state index contributed by atoms with van der Waals surface area (Å²) in [5.41, 5.74) is -0.299. The number of rotatable bonds is 1. The first-order valence-electron chi connectivity index (χ1n) is 6.86. The van der Waals surface area contributed by atoms with Crippen LogP contribution in [0.4, 0.5) is 13.2 Å². The predicted molar refractivity (Wildman–Crippen MR) is 74.2 cm³/mol. The number of carbonyl (C=O) groups is 1. The van der Waals surface area contributed by atoms with Crippen LogP contribution in [0.2, 0.25) is 0 Å². The average Bonchev–Trinajstić information content (AvgIpc) is 2.54. The molecule has 3 rings (SSSR count). The summed E-state index contributed by atoms with van der Waals surface area (Å²) in [6.45, 7) is 0.0435. The molecule has 1 aromatic heterocycles. The van der Waals surface area contributed by atoms with Crippen LogP contribution in [-0.2, 0) is 20.0 Å². The molecule has 0 saturated heterocycles. The van der Waals surface area contributed by atoms with Crippen molar-refractivity contribution < 1.29 is 18.0 Å². The maximum atomic E-state index is 13.7. The van der Waals surface area contributed by atoms with Crippen LogP contribution in [0, 0.1) is 17.5 Å². The minimum Gasteiger partial charge on any atom is -0.332 e. The molecule has 120 valence electrons. The number of halogens is 3. The van der Waals surface area contributed by atoms with Crippen LogP contribution < -0.4 is 5.56 Å². The SMILES string of the molecule is Cn1cnc2c(c1=O)CCN(C(=O)c1c(F)ccc(F)c1F)C2. The van der Waals surface area contributed by atoms with Gasteiger partial charge in [-0.1, -0.05) is 0 Å². The topological polar surface area (TPSA) is 55.2 Å². The van der Waals surface area contributed by atoms with Crippen LogP contribution in [0.25, 0.3) is 0 Å². The van der Waals surface area contributed by atoms with E-state index < -0.39 is 28.9 Å². The first-order valence-corrected chi connectivity index (χ1v) is 6.86. The number of amides is 1. The molecule has 0 bridgehead atoms. The lowest BCUT2D eigenvalue weighted by Crippen LogP contribution is -2.40. The van der Waals surface area contributed by atoms with E-state index in [4.69, 9.17) is 0 Å². The van der Waals surface area contributed by atoms with Crippen molar-refractivity contribution in [2.45, 2.75) is 13.0 Å². The van der Waals surface area contributed by atoms with Crippen molar-refractivity contribution in [1.82, 2.24) is 14.5 Å². The number of fused-ring (bicyclic) bond motifs is 1. The fourth-order valence-electron chi connectivity index (χ4n) is 2.57. The monoisotopic (exact) mass is 323 g/mol. The first-order chi connectivity index (χ1) is 10.9. The molecule has 0 saturated carbocycles. The van der Waals surface area contributed by atoms with Crippen molar-refractivity contribution in [1.29, 1.82) is 0 Å². The number of aromatic nitrogens is 2. The van der Waals surface area contributed by atoms with Crippen LogP contribution >= 0.6 is 0 Å². The molecule has 1 amide bonds. The molecular formula is C15H12F3N3O2. The van der Waals surface area contributed by atoms with Crippen molar-refractivity contribution >= 4 is 5.91 Å². The van der Waals surface area contributed by atoms with E-state index in [1.165, 1.54) is 10.9 Å². The van der Waals surface area contributed by atoms with Gasteiger partial charge in [0.15, 0.2) is 11.6 Å². The highest BCUT2D eigenvalue weighted by molar-refractivity contribution is 5.94. The first kappa shape index (κ1) is 15.3. The van der Waals surface area contributed by atoms with E-state index in [2.05, 4.69) is 4.98 Å². The van der Waals surface area contributed by atoms with Gasteiger partial charge in [0.25, 0.3) is 11.5 Å². The summed E-state index contributed by atoms with van der Waals surface area (Å²) in [7, 11) is 1.56. The Bertz CT molecular complexity index is 864. The number of aryl methyl sites for hydroxylation is 1. The number of nitrogens with zero attached hydrogens (tertiary/aromatic N) is 3. The van der Waals surface area contributed by atoms with Crippen molar-refractivity contribution in [2.75, 3.05) is 6.54 Å². The lowest BCUT2D eigenvalue weighted by molar-refractivity contribution is 0.0719. The van der Waals surface area contributed by atoms with Crippen molar-refractivity contribution in [2.24, 2.45) is 7.05 Å². The van der Waals surface area contributed by atoms with Crippen molar-refractivity contribution in [3.05, 3.63) is 63.1 Å². The largest absolute Gasteiger partial charge is 0.332 e. The Kier molecular flexibility index (Phi) is 3.67. The van der Waals surface area contributed by atoms with E-state index in [1.54, 1.807) is 7.05 Å². The Hall–Kier alpha value is -2.64. The Morgan fingerprint density at radius 3 is 2.65 bits per heavy atom. The number of carbonyl (C=O) groups excluding carboxylic acids is 1. The molecule has 0 unspecified atom stereocenters. The smallest absolute Gasteiger partial charge is 0.260 e. The van der Waals surface area contributed by atoms with Crippen molar-refractivity contribution in [3.8, 4) is 0 Å². The summed E-state index contributed by atoms with van der Waals surface area (Å²) in [4.78, 5) is 29.5. The number of benzene rings is 1. The van der Waals surface area contributed by atoms with E-state index in [-0.39, 0.29) is 25.1 Å². The van der Waals surface area contributed by atoms with Crippen LogP contribution in [0.1, 0.15) is 21.6 Å². The zero-order valence-electron chi connectivity index (χ0n) is 12.1. The standard InChI is InChI=1S/C15H12F3N3O2/c1-20-7-19-11-6-21(5-4-8(11)14(20)22)15(23)12-9(16)2-3-10(17)13(12)18/h2-3,7H,4-6H2,1H3. The van der Waals surface area contributed by atoms with E-state index in [0.29, 0.717) is 23.4 Å². The molecule has 0 N–H and O–H groups in total. The molecule has 1 aliphatic rings. The molecule has 2 aromatic rings. The molecule has 0 aliphatic carbocycles. The van der Waals surface area contributed by atoms with Gasteiger partial charge in [-0.2, -0.15) is 0 Å². The summed E-state index contributed by atoms with van der Waals surface area (Å²) in [6, 6.07) is 1.33. The molecule has 0 atom stereocenters. The van der Waals surface area contributed by atoms with Crippen LogP contribution in [0.5, 0.6) is 0 Å². The summed E-state index contributed by atoms with van der Waals surface area (Å²) < 4.78 is 42.1. The summed E-state index contributed by atoms with van der Waals surface area (Å²) in [6.07, 6.45) is 1.54. The Morgan fingerprint density at radius 2 is 1.91 bits per heavy atom. The van der Waals surface area contributed by atoms with Gasteiger partial charge in [0, 0.05) is 19.2 Å². The van der Waals surface area contributed by atoms with Gasteiger partial charge in [0.1, 0.15) is 11.4 Å². The zero-order valence-corrected chi connectivity index (χ0v) is 12.1. The fourth-order valence-corrected chi connectivity index (χ4v) is 2.57.